The molecule has 39 heavy (non-hydrogen) atoms. The Kier molecular flexibility index (Phi) is 10.4. The highest BCUT2D eigenvalue weighted by Gasteiger charge is 2.31. The maximum absolute atomic E-state index is 11.7. The number of aromatic nitrogens is 2. The Bertz CT molecular complexity index is 1360. The van der Waals surface area contributed by atoms with Gasteiger partial charge in [0.25, 0.3) is 5.24 Å². The summed E-state index contributed by atoms with van der Waals surface area (Å²) in [4.78, 5) is 33.4. The molecule has 0 saturated carbocycles. The van der Waals surface area contributed by atoms with Crippen molar-refractivity contribution in [2.24, 2.45) is 0 Å². The van der Waals surface area contributed by atoms with Crippen LogP contribution < -0.4 is 24.4 Å². The van der Waals surface area contributed by atoms with E-state index in [9.17, 15) is 9.59 Å². The highest BCUT2D eigenvalue weighted by molar-refractivity contribution is 8.15. The lowest BCUT2D eigenvalue weighted by Gasteiger charge is -2.18. The topological polar surface area (TPSA) is 177 Å². The number of ether oxygens (including phenoxy) is 3. The van der Waals surface area contributed by atoms with Gasteiger partial charge in [0.1, 0.15) is 36.0 Å². The molecular formula is C24H26N4O9S2. The van der Waals surface area contributed by atoms with Crippen LogP contribution in [0.25, 0.3) is 0 Å². The smallest absolute Gasteiger partial charge is 0.394 e. The summed E-state index contributed by atoms with van der Waals surface area (Å²) in [5.41, 5.74) is 0.970. The number of imide groups is 1. The van der Waals surface area contributed by atoms with E-state index in [0.717, 1.165) is 28.8 Å². The number of hydrogen-bond donors (Lipinski definition) is 3. The quantitative estimate of drug-likeness (QED) is 0.299. The molecule has 3 aromatic rings. The van der Waals surface area contributed by atoms with Gasteiger partial charge in [-0.3, -0.25) is 24.0 Å². The van der Waals surface area contributed by atoms with E-state index in [1.807, 2.05) is 60.5 Å². The summed E-state index contributed by atoms with van der Waals surface area (Å²) in [7, 11) is -1.14. The third-order valence-electron chi connectivity index (χ3n) is 5.11. The van der Waals surface area contributed by atoms with Gasteiger partial charge >= 0.3 is 10.4 Å². The molecule has 4 rings (SSSR count). The van der Waals surface area contributed by atoms with Gasteiger partial charge in [0.2, 0.25) is 11.8 Å². The van der Waals surface area contributed by atoms with Crippen molar-refractivity contribution in [3.63, 3.8) is 0 Å². The monoisotopic (exact) mass is 578 g/mol. The molecule has 3 N–H and O–H groups in total. The number of nitrogens with one attached hydrogen (secondary N) is 1. The van der Waals surface area contributed by atoms with E-state index in [2.05, 4.69) is 15.3 Å². The predicted octanol–water partition coefficient (Wildman–Crippen LogP) is 3.03. The third kappa shape index (κ3) is 10.4. The van der Waals surface area contributed by atoms with Gasteiger partial charge in [0.05, 0.1) is 18.9 Å². The molecular weight excluding hydrogens is 552 g/mol. The first-order chi connectivity index (χ1) is 18.5. The van der Waals surface area contributed by atoms with Gasteiger partial charge in [-0.25, -0.2) is 9.97 Å². The zero-order chi connectivity index (χ0) is 28.4. The first-order valence-electron chi connectivity index (χ1n) is 11.3. The number of thioether (sulfide) groups is 1. The van der Waals surface area contributed by atoms with Crippen molar-refractivity contribution >= 4 is 39.1 Å². The summed E-state index contributed by atoms with van der Waals surface area (Å²) in [6.45, 7) is 1.05. The number of anilines is 1. The molecule has 1 saturated heterocycles. The number of carbonyl (C=O) groups is 2. The van der Waals surface area contributed by atoms with Crippen molar-refractivity contribution in [2.75, 3.05) is 32.2 Å². The minimum atomic E-state index is -4.67. The summed E-state index contributed by atoms with van der Waals surface area (Å²) in [6.07, 6.45) is 1.96. The molecule has 1 fully saturated rings. The third-order valence-corrected chi connectivity index (χ3v) is 6.09. The molecule has 1 aliphatic rings. The van der Waals surface area contributed by atoms with Crippen LogP contribution >= 0.6 is 11.8 Å². The Morgan fingerprint density at radius 3 is 2.21 bits per heavy atom. The van der Waals surface area contributed by atoms with Gasteiger partial charge < -0.3 is 19.1 Å². The first-order valence-corrected chi connectivity index (χ1v) is 13.6. The lowest BCUT2D eigenvalue weighted by Crippen LogP contribution is -2.25. The maximum Gasteiger partial charge on any atom is 0.394 e. The molecule has 2 aromatic carbocycles. The van der Waals surface area contributed by atoms with Crippen molar-refractivity contribution < 1.29 is 41.3 Å². The van der Waals surface area contributed by atoms with Crippen LogP contribution in [0.1, 0.15) is 5.56 Å². The zero-order valence-electron chi connectivity index (χ0n) is 20.9. The maximum atomic E-state index is 11.7. The second-order valence-electron chi connectivity index (χ2n) is 7.94. The minimum Gasteiger partial charge on any atom is -0.497 e. The van der Waals surface area contributed by atoms with E-state index in [-0.39, 0.29) is 16.4 Å². The predicted molar refractivity (Wildman–Crippen MR) is 143 cm³/mol. The highest BCUT2D eigenvalue weighted by atomic mass is 32.3. The highest BCUT2D eigenvalue weighted by Crippen LogP contribution is 2.25. The molecule has 2 amide bonds. The van der Waals surface area contributed by atoms with Crippen molar-refractivity contribution in [1.29, 1.82) is 0 Å². The standard InChI is InChI=1S/C24H24N4O5S.H2O4S/c1-28(21-14-22(26-15-25-21)33-19-9-7-17(31-2)8-10-19)11-12-32-18-5-3-16(4-6-18)13-20-23(29)27-24(30)34-20;1-5(2,3)4/h3-10,14-15,20H,11-13H2,1-2H3,(H,27,29,30);(H2,1,2,3,4)/t20-;/m0./s1. The van der Waals surface area contributed by atoms with Crippen LogP contribution in [0.5, 0.6) is 23.1 Å². The summed E-state index contributed by atoms with van der Waals surface area (Å²) in [5.74, 6) is 3.04. The largest absolute Gasteiger partial charge is 0.497 e. The fourth-order valence-corrected chi connectivity index (χ4v) is 4.10. The fourth-order valence-electron chi connectivity index (χ4n) is 3.24. The lowest BCUT2D eigenvalue weighted by atomic mass is 10.1. The second-order valence-corrected chi connectivity index (χ2v) is 10.0. The summed E-state index contributed by atoms with van der Waals surface area (Å²) < 4.78 is 48.4. The van der Waals surface area contributed by atoms with E-state index >= 15 is 0 Å². The second kappa shape index (κ2) is 13.7. The van der Waals surface area contributed by atoms with E-state index in [1.54, 1.807) is 13.2 Å². The van der Waals surface area contributed by atoms with Gasteiger partial charge in [-0.1, -0.05) is 23.9 Å². The molecule has 208 valence electrons. The van der Waals surface area contributed by atoms with Crippen LogP contribution in [0.4, 0.5) is 10.6 Å². The summed E-state index contributed by atoms with van der Waals surface area (Å²) in [5, 5.41) is 1.64. The van der Waals surface area contributed by atoms with Gasteiger partial charge in [-0.05, 0) is 48.4 Å². The number of rotatable bonds is 10. The Morgan fingerprint density at radius 1 is 1.00 bits per heavy atom. The van der Waals surface area contributed by atoms with Crippen LogP contribution in [0, 0.1) is 0 Å². The molecule has 2 heterocycles. The summed E-state index contributed by atoms with van der Waals surface area (Å²) >= 11 is 1.03. The van der Waals surface area contributed by atoms with E-state index < -0.39 is 10.4 Å². The SMILES string of the molecule is COc1ccc(Oc2cc(N(C)CCOc3ccc(C[C@@H]4SC(=O)NC4=O)cc3)ncn2)cc1.O=S(=O)(O)O. The Labute approximate surface area is 229 Å². The van der Waals surface area contributed by atoms with Gasteiger partial charge in [0.15, 0.2) is 0 Å². The van der Waals surface area contributed by atoms with Crippen LogP contribution in [0.3, 0.4) is 0 Å². The van der Waals surface area contributed by atoms with Crippen molar-refractivity contribution in [2.45, 2.75) is 11.7 Å². The molecule has 15 heteroatoms. The van der Waals surface area contributed by atoms with E-state index in [1.165, 1.54) is 6.33 Å². The van der Waals surface area contributed by atoms with Crippen molar-refractivity contribution in [3.05, 3.63) is 66.5 Å². The molecule has 0 unspecified atom stereocenters. The van der Waals surface area contributed by atoms with E-state index in [0.29, 0.717) is 37.0 Å². The summed E-state index contributed by atoms with van der Waals surface area (Å²) in [6, 6.07) is 16.6. The van der Waals surface area contributed by atoms with Crippen molar-refractivity contribution in [3.8, 4) is 23.1 Å². The Morgan fingerprint density at radius 2 is 1.62 bits per heavy atom. The zero-order valence-corrected chi connectivity index (χ0v) is 22.5. The average Bonchev–Trinajstić information content (AvgIpc) is 3.20. The fraction of sp³-hybridized carbons (Fsp3) is 0.250. The molecule has 0 spiro atoms. The van der Waals surface area contributed by atoms with Crippen LogP contribution in [0.2, 0.25) is 0 Å². The Hall–Kier alpha value is -3.92. The normalized spacial score (nSPS) is 14.6. The number of benzene rings is 2. The molecule has 1 aromatic heterocycles. The van der Waals surface area contributed by atoms with E-state index in [4.69, 9.17) is 31.7 Å². The van der Waals surface area contributed by atoms with Crippen LogP contribution in [-0.4, -0.2) is 71.2 Å². The molecule has 0 radical (unpaired) electrons. The van der Waals surface area contributed by atoms with Crippen LogP contribution in [0.15, 0.2) is 60.9 Å². The minimum absolute atomic E-state index is 0.236. The number of amides is 2. The lowest BCUT2D eigenvalue weighted by molar-refractivity contribution is -0.118. The number of likely N-dealkylation sites (N-methyl/N-ethyl adjacent to an activating group) is 1. The first kappa shape index (κ1) is 29.6. The average molecular weight is 579 g/mol. The molecule has 1 atom stereocenters. The van der Waals surface area contributed by atoms with Gasteiger partial charge in [-0.15, -0.1) is 0 Å². The van der Waals surface area contributed by atoms with Gasteiger partial charge in [0, 0.05) is 13.1 Å². The molecule has 0 aliphatic carbocycles. The Balaban J connectivity index is 0.000000771. The number of nitrogens with zero attached hydrogens (tertiary/aromatic N) is 3. The number of carbonyl (C=O) groups excluding carboxylic acids is 2. The van der Waals surface area contributed by atoms with Crippen LogP contribution in [-0.2, 0) is 21.6 Å². The van der Waals surface area contributed by atoms with Gasteiger partial charge in [-0.2, -0.15) is 8.42 Å². The number of hydrogen-bond acceptors (Lipinski definition) is 11. The molecule has 0 bridgehead atoms. The number of methoxy groups -OCH3 is 1. The molecule has 13 nitrogen and oxygen atoms in total. The van der Waals surface area contributed by atoms with Crippen molar-refractivity contribution in [1.82, 2.24) is 15.3 Å². The molecule has 1 aliphatic heterocycles.